The Balaban J connectivity index is 1.94. The summed E-state index contributed by atoms with van der Waals surface area (Å²) < 4.78 is 0. The van der Waals surface area contributed by atoms with Gasteiger partial charge in [0.25, 0.3) is 5.91 Å². The Labute approximate surface area is 115 Å². The molecule has 7 heteroatoms. The first-order valence-corrected chi connectivity index (χ1v) is 6.69. The standard InChI is InChI=1S/C12H15N5OS/c1-8(12-15-4-5-19-12)7-16-11(18)10-6-9(17-13)2-3-14-10/h2-6,8H,7,13H2,1H3,(H,14,17)(H,16,18). The maximum absolute atomic E-state index is 11.9. The summed E-state index contributed by atoms with van der Waals surface area (Å²) >= 11 is 1.58. The Morgan fingerprint density at radius 2 is 2.32 bits per heavy atom. The number of nitrogen functional groups attached to an aromatic ring is 1. The maximum Gasteiger partial charge on any atom is 0.269 e. The first kappa shape index (κ1) is 13.4. The molecule has 100 valence electrons. The van der Waals surface area contributed by atoms with Crippen LogP contribution < -0.4 is 16.6 Å². The zero-order valence-corrected chi connectivity index (χ0v) is 11.3. The molecular formula is C12H15N5OS. The van der Waals surface area contributed by atoms with Gasteiger partial charge in [0.15, 0.2) is 0 Å². The Morgan fingerprint density at radius 3 is 3.00 bits per heavy atom. The normalized spacial score (nSPS) is 11.9. The molecule has 0 fully saturated rings. The van der Waals surface area contributed by atoms with Crippen molar-refractivity contribution >= 4 is 22.9 Å². The van der Waals surface area contributed by atoms with E-state index in [2.05, 4.69) is 20.7 Å². The first-order chi connectivity index (χ1) is 9.20. The van der Waals surface area contributed by atoms with E-state index in [0.29, 0.717) is 17.9 Å². The highest BCUT2D eigenvalue weighted by atomic mass is 32.1. The van der Waals surface area contributed by atoms with Gasteiger partial charge in [-0.25, -0.2) is 4.98 Å². The van der Waals surface area contributed by atoms with Crippen LogP contribution in [0.2, 0.25) is 0 Å². The van der Waals surface area contributed by atoms with E-state index in [-0.39, 0.29) is 11.8 Å². The quantitative estimate of drug-likeness (QED) is 0.567. The van der Waals surface area contributed by atoms with Gasteiger partial charge in [-0.2, -0.15) is 0 Å². The summed E-state index contributed by atoms with van der Waals surface area (Å²) in [6, 6.07) is 3.29. The van der Waals surface area contributed by atoms with Crippen LogP contribution in [0.4, 0.5) is 5.69 Å². The third-order valence-electron chi connectivity index (χ3n) is 2.60. The molecule has 1 unspecified atom stereocenters. The summed E-state index contributed by atoms with van der Waals surface area (Å²) in [6.07, 6.45) is 3.30. The lowest BCUT2D eigenvalue weighted by molar-refractivity contribution is 0.0946. The number of carbonyl (C=O) groups excluding carboxylic acids is 1. The van der Waals surface area contributed by atoms with Gasteiger partial charge >= 0.3 is 0 Å². The summed E-state index contributed by atoms with van der Waals surface area (Å²) in [6.45, 7) is 2.54. The highest BCUT2D eigenvalue weighted by molar-refractivity contribution is 7.09. The number of nitrogens with one attached hydrogen (secondary N) is 2. The number of hydrazine groups is 1. The van der Waals surface area contributed by atoms with Crippen molar-refractivity contribution in [2.75, 3.05) is 12.0 Å². The average molecular weight is 277 g/mol. The number of nitrogens with zero attached hydrogens (tertiary/aromatic N) is 2. The third kappa shape index (κ3) is 3.49. The lowest BCUT2D eigenvalue weighted by atomic mass is 10.2. The van der Waals surface area contributed by atoms with E-state index in [9.17, 15) is 4.79 Å². The molecule has 6 nitrogen and oxygen atoms in total. The Hall–Kier alpha value is -1.99. The molecule has 19 heavy (non-hydrogen) atoms. The van der Waals surface area contributed by atoms with E-state index in [1.54, 1.807) is 29.7 Å². The second-order valence-corrected chi connectivity index (χ2v) is 4.98. The number of aromatic nitrogens is 2. The molecule has 0 saturated heterocycles. The molecule has 1 atom stereocenters. The molecule has 0 bridgehead atoms. The number of amides is 1. The molecule has 0 aliphatic heterocycles. The number of hydrogen-bond acceptors (Lipinski definition) is 6. The number of nitrogens with two attached hydrogens (primary N) is 1. The molecule has 0 spiro atoms. The molecule has 0 saturated carbocycles. The Kier molecular flexibility index (Phi) is 4.43. The van der Waals surface area contributed by atoms with E-state index >= 15 is 0 Å². The van der Waals surface area contributed by atoms with Crippen molar-refractivity contribution in [1.29, 1.82) is 0 Å². The fraction of sp³-hybridized carbons (Fsp3) is 0.250. The number of hydrogen-bond donors (Lipinski definition) is 3. The third-order valence-corrected chi connectivity index (χ3v) is 3.61. The zero-order valence-electron chi connectivity index (χ0n) is 10.5. The van der Waals surface area contributed by atoms with Crippen molar-refractivity contribution in [2.24, 2.45) is 5.84 Å². The van der Waals surface area contributed by atoms with Crippen LogP contribution in [0.15, 0.2) is 29.9 Å². The van der Waals surface area contributed by atoms with Crippen molar-refractivity contribution in [3.05, 3.63) is 40.6 Å². The van der Waals surface area contributed by atoms with Crippen molar-refractivity contribution in [3.8, 4) is 0 Å². The number of thiazole rings is 1. The fourth-order valence-electron chi connectivity index (χ4n) is 1.55. The maximum atomic E-state index is 11.9. The van der Waals surface area contributed by atoms with Crippen LogP contribution >= 0.6 is 11.3 Å². The van der Waals surface area contributed by atoms with Crippen LogP contribution in [-0.2, 0) is 0 Å². The Morgan fingerprint density at radius 1 is 1.47 bits per heavy atom. The monoisotopic (exact) mass is 277 g/mol. The van der Waals surface area contributed by atoms with Crippen molar-refractivity contribution in [2.45, 2.75) is 12.8 Å². The van der Waals surface area contributed by atoms with Gasteiger partial charge in [0.05, 0.1) is 10.7 Å². The molecule has 2 aromatic heterocycles. The van der Waals surface area contributed by atoms with E-state index in [1.165, 1.54) is 6.20 Å². The lowest BCUT2D eigenvalue weighted by Gasteiger charge is -2.10. The minimum atomic E-state index is -0.222. The van der Waals surface area contributed by atoms with Crippen molar-refractivity contribution < 1.29 is 4.79 Å². The van der Waals surface area contributed by atoms with Gasteiger partial charge in [-0.05, 0) is 12.1 Å². The van der Waals surface area contributed by atoms with Crippen LogP contribution in [0.5, 0.6) is 0 Å². The van der Waals surface area contributed by atoms with Gasteiger partial charge in [0.2, 0.25) is 0 Å². The predicted octanol–water partition coefficient (Wildman–Crippen LogP) is 1.36. The molecule has 0 aliphatic carbocycles. The molecule has 2 rings (SSSR count). The van der Waals surface area contributed by atoms with Gasteiger partial charge in [-0.3, -0.25) is 15.6 Å². The molecule has 2 heterocycles. The second kappa shape index (κ2) is 6.26. The minimum absolute atomic E-state index is 0.180. The number of anilines is 1. The fourth-order valence-corrected chi connectivity index (χ4v) is 2.24. The Bertz CT molecular complexity index is 543. The predicted molar refractivity (Wildman–Crippen MR) is 74.9 cm³/mol. The average Bonchev–Trinajstić information content (AvgIpc) is 2.98. The van der Waals surface area contributed by atoms with Crippen LogP contribution in [0, 0.1) is 0 Å². The summed E-state index contributed by atoms with van der Waals surface area (Å²) in [7, 11) is 0. The summed E-state index contributed by atoms with van der Waals surface area (Å²) in [4.78, 5) is 20.2. The largest absolute Gasteiger partial charge is 0.350 e. The van der Waals surface area contributed by atoms with Gasteiger partial charge in [-0.15, -0.1) is 11.3 Å². The SMILES string of the molecule is CC(CNC(=O)c1cc(NN)ccn1)c1nccs1. The molecule has 0 aromatic carbocycles. The van der Waals surface area contributed by atoms with E-state index in [4.69, 9.17) is 5.84 Å². The van der Waals surface area contributed by atoms with E-state index in [1.807, 2.05) is 12.3 Å². The zero-order chi connectivity index (χ0) is 13.7. The van der Waals surface area contributed by atoms with Gasteiger partial charge in [0, 0.05) is 30.2 Å². The van der Waals surface area contributed by atoms with Gasteiger partial charge in [-0.1, -0.05) is 6.92 Å². The molecule has 4 N–H and O–H groups in total. The van der Waals surface area contributed by atoms with Crippen LogP contribution in [0.3, 0.4) is 0 Å². The molecular weight excluding hydrogens is 262 g/mol. The number of pyridine rings is 1. The molecule has 0 aliphatic rings. The summed E-state index contributed by atoms with van der Waals surface area (Å²) in [5.41, 5.74) is 3.46. The number of carbonyl (C=O) groups is 1. The van der Waals surface area contributed by atoms with E-state index in [0.717, 1.165) is 5.01 Å². The molecule has 1 amide bonds. The second-order valence-electron chi connectivity index (χ2n) is 4.06. The molecule has 2 aromatic rings. The van der Waals surface area contributed by atoms with E-state index < -0.39 is 0 Å². The van der Waals surface area contributed by atoms with Crippen molar-refractivity contribution in [3.63, 3.8) is 0 Å². The van der Waals surface area contributed by atoms with Gasteiger partial charge < -0.3 is 10.7 Å². The number of rotatable bonds is 5. The highest BCUT2D eigenvalue weighted by Crippen LogP contribution is 2.16. The lowest BCUT2D eigenvalue weighted by Crippen LogP contribution is -2.28. The summed E-state index contributed by atoms with van der Waals surface area (Å²) in [5, 5.41) is 5.76. The van der Waals surface area contributed by atoms with Crippen LogP contribution in [-0.4, -0.2) is 22.4 Å². The topological polar surface area (TPSA) is 92.9 Å². The van der Waals surface area contributed by atoms with Gasteiger partial charge in [0.1, 0.15) is 5.69 Å². The van der Waals surface area contributed by atoms with Crippen molar-refractivity contribution in [1.82, 2.24) is 15.3 Å². The summed E-state index contributed by atoms with van der Waals surface area (Å²) in [5.74, 6) is 5.25. The first-order valence-electron chi connectivity index (χ1n) is 5.81. The highest BCUT2D eigenvalue weighted by Gasteiger charge is 2.12. The minimum Gasteiger partial charge on any atom is -0.350 e. The smallest absolute Gasteiger partial charge is 0.269 e. The van der Waals surface area contributed by atoms with Crippen LogP contribution in [0.25, 0.3) is 0 Å². The van der Waals surface area contributed by atoms with Crippen LogP contribution in [0.1, 0.15) is 28.3 Å². The molecule has 0 radical (unpaired) electrons.